The molecule has 1 rings (SSSR count). The van der Waals surface area contributed by atoms with E-state index in [9.17, 15) is 8.42 Å². The largest absolute Gasteiger partial charge is 0.385 e. The summed E-state index contributed by atoms with van der Waals surface area (Å²) in [5, 5.41) is 0.863. The van der Waals surface area contributed by atoms with Crippen molar-refractivity contribution in [2.45, 2.75) is 38.1 Å². The first kappa shape index (κ1) is 15.4. The molecule has 0 radical (unpaired) electrons. The quantitative estimate of drug-likeness (QED) is 0.530. The molecular formula is C11H22BrNO3S. The normalized spacial score (nSPS) is 22.8. The van der Waals surface area contributed by atoms with Gasteiger partial charge in [0.15, 0.2) is 0 Å². The van der Waals surface area contributed by atoms with Gasteiger partial charge in [0, 0.05) is 31.6 Å². The highest BCUT2D eigenvalue weighted by Gasteiger charge is 2.31. The van der Waals surface area contributed by atoms with Crippen molar-refractivity contribution in [2.24, 2.45) is 0 Å². The molecule has 6 heteroatoms. The Bertz CT molecular complexity index is 306. The minimum atomic E-state index is -3.09. The molecule has 0 aromatic heterocycles. The van der Waals surface area contributed by atoms with Crippen molar-refractivity contribution in [3.05, 3.63) is 0 Å². The lowest BCUT2D eigenvalue weighted by Crippen LogP contribution is -2.45. The number of sulfonamides is 1. The average molecular weight is 328 g/mol. The first-order chi connectivity index (χ1) is 8.11. The fourth-order valence-corrected chi connectivity index (χ4v) is 4.58. The fraction of sp³-hybridized carbons (Fsp3) is 1.00. The summed E-state index contributed by atoms with van der Waals surface area (Å²) in [5.41, 5.74) is 0. The fourth-order valence-electron chi connectivity index (χ4n) is 2.26. The molecule has 4 nitrogen and oxygen atoms in total. The van der Waals surface area contributed by atoms with Gasteiger partial charge in [-0.15, -0.1) is 0 Å². The maximum Gasteiger partial charge on any atom is 0.214 e. The van der Waals surface area contributed by atoms with E-state index in [1.165, 1.54) is 0 Å². The lowest BCUT2D eigenvalue weighted by Gasteiger charge is -2.34. The van der Waals surface area contributed by atoms with Gasteiger partial charge in [0.1, 0.15) is 0 Å². The van der Waals surface area contributed by atoms with Gasteiger partial charge in [-0.25, -0.2) is 8.42 Å². The Balaban J connectivity index is 2.59. The molecule has 1 heterocycles. The molecule has 1 fully saturated rings. The first-order valence-electron chi connectivity index (χ1n) is 6.16. The van der Waals surface area contributed by atoms with Crippen LogP contribution in [0.1, 0.15) is 32.1 Å². The molecule has 0 aliphatic carbocycles. The molecule has 102 valence electrons. The van der Waals surface area contributed by atoms with E-state index in [4.69, 9.17) is 4.74 Å². The van der Waals surface area contributed by atoms with E-state index >= 15 is 0 Å². The topological polar surface area (TPSA) is 46.6 Å². The molecule has 0 spiro atoms. The summed E-state index contributed by atoms with van der Waals surface area (Å²) in [5.74, 6) is 0.208. The summed E-state index contributed by atoms with van der Waals surface area (Å²) in [7, 11) is -1.50. The monoisotopic (exact) mass is 327 g/mol. The zero-order chi connectivity index (χ0) is 12.7. The number of hydrogen-bond acceptors (Lipinski definition) is 3. The summed E-state index contributed by atoms with van der Waals surface area (Å²) >= 11 is 3.40. The van der Waals surface area contributed by atoms with Crippen molar-refractivity contribution in [3.8, 4) is 0 Å². The molecule has 0 aromatic carbocycles. The molecule has 1 aliphatic heterocycles. The second-order valence-corrected chi connectivity index (χ2v) is 7.23. The predicted octanol–water partition coefficient (Wildman–Crippen LogP) is 1.99. The van der Waals surface area contributed by atoms with Gasteiger partial charge in [0.2, 0.25) is 10.0 Å². The Morgan fingerprint density at radius 1 is 1.41 bits per heavy atom. The van der Waals surface area contributed by atoms with E-state index in [-0.39, 0.29) is 11.8 Å². The van der Waals surface area contributed by atoms with Crippen LogP contribution in [0.25, 0.3) is 0 Å². The van der Waals surface area contributed by atoms with Gasteiger partial charge in [0.05, 0.1) is 5.75 Å². The third-order valence-electron chi connectivity index (χ3n) is 3.12. The lowest BCUT2D eigenvalue weighted by atomic mass is 10.0. The van der Waals surface area contributed by atoms with Crippen LogP contribution >= 0.6 is 15.9 Å². The highest BCUT2D eigenvalue weighted by molar-refractivity contribution is 9.09. The van der Waals surface area contributed by atoms with Crippen LogP contribution in [-0.4, -0.2) is 50.1 Å². The molecule has 17 heavy (non-hydrogen) atoms. The predicted molar refractivity (Wildman–Crippen MR) is 73.0 cm³/mol. The number of halogens is 1. The van der Waals surface area contributed by atoms with E-state index in [0.717, 1.165) is 31.0 Å². The van der Waals surface area contributed by atoms with Gasteiger partial charge in [-0.2, -0.15) is 4.31 Å². The smallest absolute Gasteiger partial charge is 0.214 e. The van der Waals surface area contributed by atoms with Gasteiger partial charge in [-0.05, 0) is 25.7 Å². The van der Waals surface area contributed by atoms with Crippen LogP contribution in [0.3, 0.4) is 0 Å². The molecule has 0 N–H and O–H groups in total. The van der Waals surface area contributed by atoms with E-state index in [1.54, 1.807) is 11.4 Å². The first-order valence-corrected chi connectivity index (χ1v) is 8.89. The molecule has 1 unspecified atom stereocenters. The van der Waals surface area contributed by atoms with Crippen molar-refractivity contribution >= 4 is 26.0 Å². The van der Waals surface area contributed by atoms with Crippen molar-refractivity contribution < 1.29 is 13.2 Å². The minimum absolute atomic E-state index is 0.190. The number of alkyl halides is 1. The number of nitrogens with zero attached hydrogens (tertiary/aromatic N) is 1. The molecule has 1 saturated heterocycles. The van der Waals surface area contributed by atoms with E-state index in [0.29, 0.717) is 19.6 Å². The van der Waals surface area contributed by atoms with Gasteiger partial charge in [-0.3, -0.25) is 0 Å². The van der Waals surface area contributed by atoms with Crippen LogP contribution in [0, 0.1) is 0 Å². The van der Waals surface area contributed by atoms with Crippen LogP contribution in [-0.2, 0) is 14.8 Å². The number of rotatable bonds is 7. The van der Waals surface area contributed by atoms with Crippen molar-refractivity contribution in [1.29, 1.82) is 0 Å². The molecular weight excluding hydrogens is 306 g/mol. The Kier molecular flexibility index (Phi) is 6.99. The van der Waals surface area contributed by atoms with Crippen LogP contribution in [0.4, 0.5) is 0 Å². The second-order valence-electron chi connectivity index (χ2n) is 4.40. The van der Waals surface area contributed by atoms with Crippen LogP contribution < -0.4 is 0 Å². The maximum absolute atomic E-state index is 12.2. The number of piperidine rings is 1. The summed E-state index contributed by atoms with van der Waals surface area (Å²) in [6, 6.07) is 0.190. The molecule has 0 bridgehead atoms. The highest BCUT2D eigenvalue weighted by Crippen LogP contribution is 2.23. The summed E-state index contributed by atoms with van der Waals surface area (Å²) in [6.07, 6.45) is 4.61. The number of ether oxygens (including phenoxy) is 1. The lowest BCUT2D eigenvalue weighted by molar-refractivity contribution is 0.198. The summed E-state index contributed by atoms with van der Waals surface area (Å²) in [4.78, 5) is 0. The van der Waals surface area contributed by atoms with E-state index in [1.807, 2.05) is 0 Å². The number of methoxy groups -OCH3 is 1. The van der Waals surface area contributed by atoms with Crippen molar-refractivity contribution in [1.82, 2.24) is 4.31 Å². The van der Waals surface area contributed by atoms with Crippen molar-refractivity contribution in [3.63, 3.8) is 0 Å². The SMILES string of the molecule is COCCCS(=O)(=O)N1CCCCC1CCBr. The van der Waals surface area contributed by atoms with E-state index < -0.39 is 10.0 Å². The van der Waals surface area contributed by atoms with Crippen LogP contribution in [0.2, 0.25) is 0 Å². The van der Waals surface area contributed by atoms with E-state index in [2.05, 4.69) is 15.9 Å². The summed E-state index contributed by atoms with van der Waals surface area (Å²) in [6.45, 7) is 1.20. The second kappa shape index (κ2) is 7.71. The molecule has 0 amide bonds. The molecule has 0 aromatic rings. The summed E-state index contributed by atoms with van der Waals surface area (Å²) < 4.78 is 31.0. The Hall–Kier alpha value is 0.350. The third kappa shape index (κ3) is 4.85. The number of hydrogen-bond donors (Lipinski definition) is 0. The molecule has 0 saturated carbocycles. The zero-order valence-corrected chi connectivity index (χ0v) is 12.8. The molecule has 1 aliphatic rings. The zero-order valence-electron chi connectivity index (χ0n) is 10.4. The maximum atomic E-state index is 12.2. The van der Waals surface area contributed by atoms with Gasteiger partial charge >= 0.3 is 0 Å². The Morgan fingerprint density at radius 3 is 2.82 bits per heavy atom. The van der Waals surface area contributed by atoms with Gasteiger partial charge < -0.3 is 4.74 Å². The minimum Gasteiger partial charge on any atom is -0.385 e. The third-order valence-corrected chi connectivity index (χ3v) is 5.58. The molecule has 1 atom stereocenters. The Morgan fingerprint density at radius 2 is 2.18 bits per heavy atom. The van der Waals surface area contributed by atoms with Gasteiger partial charge in [-0.1, -0.05) is 22.4 Å². The highest BCUT2D eigenvalue weighted by atomic mass is 79.9. The standard InChI is InChI=1S/C11H22BrNO3S/c1-16-9-4-10-17(14,15)13-8-3-2-5-11(13)6-7-12/h11H,2-10H2,1H3. The van der Waals surface area contributed by atoms with Crippen LogP contribution in [0.15, 0.2) is 0 Å². The van der Waals surface area contributed by atoms with Crippen LogP contribution in [0.5, 0.6) is 0 Å². The van der Waals surface area contributed by atoms with Crippen molar-refractivity contribution in [2.75, 3.05) is 31.3 Å². The average Bonchev–Trinajstić information content (AvgIpc) is 2.30. The van der Waals surface area contributed by atoms with Gasteiger partial charge in [0.25, 0.3) is 0 Å². The Labute approximate surface area is 113 Å².